The second kappa shape index (κ2) is 8.08. The van der Waals surface area contributed by atoms with Gasteiger partial charge < -0.3 is 9.84 Å². The van der Waals surface area contributed by atoms with Gasteiger partial charge in [0, 0.05) is 26.6 Å². The van der Waals surface area contributed by atoms with Crippen LogP contribution in [0.25, 0.3) is 0 Å². The molecule has 0 aromatic heterocycles. The molecule has 10 heteroatoms. The van der Waals surface area contributed by atoms with Gasteiger partial charge in [0.1, 0.15) is 0 Å². The van der Waals surface area contributed by atoms with E-state index in [1.54, 1.807) is 6.07 Å². The topological polar surface area (TPSA) is 114 Å². The van der Waals surface area contributed by atoms with Crippen LogP contribution in [-0.2, 0) is 0 Å². The van der Waals surface area contributed by atoms with Gasteiger partial charge in [-0.3, -0.25) is 14.9 Å². The minimum Gasteiger partial charge on any atom is -0.504 e. The Labute approximate surface area is 158 Å². The molecule has 2 N–H and O–H groups in total. The maximum atomic E-state index is 12.0. The molecule has 0 saturated carbocycles. The fourth-order valence-corrected chi connectivity index (χ4v) is 2.69. The minimum absolute atomic E-state index is 0.0847. The van der Waals surface area contributed by atoms with Gasteiger partial charge in [0.05, 0.1) is 23.8 Å². The van der Waals surface area contributed by atoms with Crippen LogP contribution in [0.5, 0.6) is 11.5 Å². The summed E-state index contributed by atoms with van der Waals surface area (Å²) in [6.07, 6.45) is 1.22. The number of nitrogens with zero attached hydrogens (tertiary/aromatic N) is 2. The van der Waals surface area contributed by atoms with Crippen LogP contribution in [0.2, 0.25) is 0 Å². The zero-order valence-electron chi connectivity index (χ0n) is 12.7. The lowest BCUT2D eigenvalue weighted by molar-refractivity contribution is -0.384. The number of carbonyl (C=O) groups is 1. The number of non-ortho nitro benzene ring substituents is 1. The highest BCUT2D eigenvalue weighted by Gasteiger charge is 2.15. The lowest BCUT2D eigenvalue weighted by Crippen LogP contribution is -2.17. The van der Waals surface area contributed by atoms with Crippen LogP contribution in [0.15, 0.2) is 44.4 Å². The summed E-state index contributed by atoms with van der Waals surface area (Å²) >= 11 is 6.59. The highest BCUT2D eigenvalue weighted by molar-refractivity contribution is 9.13. The van der Waals surface area contributed by atoms with Crippen molar-refractivity contribution in [1.82, 2.24) is 5.43 Å². The number of ether oxygens (including phenoxy) is 1. The van der Waals surface area contributed by atoms with E-state index in [9.17, 15) is 20.0 Å². The Morgan fingerprint density at radius 1 is 1.40 bits per heavy atom. The third-order valence-corrected chi connectivity index (χ3v) is 5.10. The maximum absolute atomic E-state index is 12.0. The summed E-state index contributed by atoms with van der Waals surface area (Å²) in [4.78, 5) is 22.2. The molecule has 0 heterocycles. The van der Waals surface area contributed by atoms with Gasteiger partial charge in [-0.05, 0) is 44.0 Å². The van der Waals surface area contributed by atoms with Crippen molar-refractivity contribution in [2.75, 3.05) is 7.11 Å². The van der Waals surface area contributed by atoms with Crippen molar-refractivity contribution < 1.29 is 19.6 Å². The first-order chi connectivity index (χ1) is 11.8. The number of hydrogen-bond donors (Lipinski definition) is 2. The zero-order chi connectivity index (χ0) is 18.6. The molecule has 2 aromatic rings. The molecule has 0 fully saturated rings. The molecule has 0 aliphatic heterocycles. The molecular weight excluding hydrogens is 462 g/mol. The van der Waals surface area contributed by atoms with E-state index in [0.717, 1.165) is 6.07 Å². The van der Waals surface area contributed by atoms with E-state index in [1.165, 1.54) is 31.5 Å². The molecule has 130 valence electrons. The molecule has 0 bridgehead atoms. The number of amides is 1. The maximum Gasteiger partial charge on any atom is 0.271 e. The van der Waals surface area contributed by atoms with Gasteiger partial charge in [-0.1, -0.05) is 6.07 Å². The molecule has 0 atom stereocenters. The summed E-state index contributed by atoms with van der Waals surface area (Å²) in [5.41, 5.74) is 2.41. The second-order valence-corrected chi connectivity index (χ2v) is 6.29. The quantitative estimate of drug-likeness (QED) is 0.392. The first-order valence-electron chi connectivity index (χ1n) is 6.68. The summed E-state index contributed by atoms with van der Waals surface area (Å²) in [6, 6.07) is 6.81. The second-order valence-electron chi connectivity index (χ2n) is 4.64. The van der Waals surface area contributed by atoms with Crippen LogP contribution in [0.1, 0.15) is 15.9 Å². The SMILES string of the molecule is COc1cc(Br)c(Br)c(C=NNC(=O)c2cccc([N+](=O)[O-])c2)c1O. The zero-order valence-corrected chi connectivity index (χ0v) is 15.9. The molecule has 8 nitrogen and oxygen atoms in total. The number of nitro benzene ring substituents is 1. The predicted octanol–water partition coefficient (Wildman–Crippen LogP) is 3.60. The molecule has 25 heavy (non-hydrogen) atoms. The normalized spacial score (nSPS) is 10.7. The van der Waals surface area contributed by atoms with Crippen molar-refractivity contribution in [1.29, 1.82) is 0 Å². The molecule has 2 rings (SSSR count). The number of nitrogens with one attached hydrogen (secondary N) is 1. The van der Waals surface area contributed by atoms with Crippen molar-refractivity contribution >= 4 is 49.7 Å². The smallest absolute Gasteiger partial charge is 0.271 e. The van der Waals surface area contributed by atoms with E-state index in [0.29, 0.717) is 8.95 Å². The van der Waals surface area contributed by atoms with E-state index in [1.807, 2.05) is 0 Å². The number of hydrogen-bond acceptors (Lipinski definition) is 6. The number of phenols is 1. The third-order valence-electron chi connectivity index (χ3n) is 3.09. The Kier molecular flexibility index (Phi) is 6.10. The molecule has 0 aliphatic rings. The van der Waals surface area contributed by atoms with Crippen molar-refractivity contribution in [3.05, 3.63) is 60.5 Å². The van der Waals surface area contributed by atoms with Gasteiger partial charge in [-0.15, -0.1) is 0 Å². The van der Waals surface area contributed by atoms with E-state index in [2.05, 4.69) is 42.4 Å². The van der Waals surface area contributed by atoms with Crippen LogP contribution < -0.4 is 10.2 Å². The molecular formula is C15H11Br2N3O5. The van der Waals surface area contributed by atoms with E-state index < -0.39 is 10.8 Å². The van der Waals surface area contributed by atoms with E-state index in [-0.39, 0.29) is 28.3 Å². The molecule has 0 aliphatic carbocycles. The summed E-state index contributed by atoms with van der Waals surface area (Å²) in [5, 5.41) is 24.6. The number of phenolic OH excluding ortho intramolecular Hbond substituents is 1. The van der Waals surface area contributed by atoms with Crippen molar-refractivity contribution in [3.8, 4) is 11.5 Å². The van der Waals surface area contributed by atoms with Gasteiger partial charge in [-0.2, -0.15) is 5.10 Å². The molecule has 0 saturated heterocycles. The lowest BCUT2D eigenvalue weighted by atomic mass is 10.2. The Bertz CT molecular complexity index is 870. The van der Waals surface area contributed by atoms with Gasteiger partial charge in [0.2, 0.25) is 0 Å². The van der Waals surface area contributed by atoms with Gasteiger partial charge in [0.25, 0.3) is 11.6 Å². The minimum atomic E-state index is -0.627. The number of rotatable bonds is 5. The Morgan fingerprint density at radius 3 is 2.76 bits per heavy atom. The monoisotopic (exact) mass is 471 g/mol. The number of benzene rings is 2. The Morgan fingerprint density at radius 2 is 2.12 bits per heavy atom. The lowest BCUT2D eigenvalue weighted by Gasteiger charge is -2.09. The van der Waals surface area contributed by atoms with E-state index in [4.69, 9.17) is 4.74 Å². The number of nitro groups is 1. The van der Waals surface area contributed by atoms with Gasteiger partial charge >= 0.3 is 0 Å². The van der Waals surface area contributed by atoms with Crippen LogP contribution in [0.3, 0.4) is 0 Å². The fourth-order valence-electron chi connectivity index (χ4n) is 1.87. The molecule has 0 unspecified atom stereocenters. The van der Waals surface area contributed by atoms with Crippen molar-refractivity contribution in [3.63, 3.8) is 0 Å². The Balaban J connectivity index is 2.21. The summed E-state index contributed by atoms with van der Waals surface area (Å²) in [7, 11) is 1.40. The third kappa shape index (κ3) is 4.34. The van der Waals surface area contributed by atoms with E-state index >= 15 is 0 Å². The molecule has 0 radical (unpaired) electrons. The van der Waals surface area contributed by atoms with Crippen LogP contribution >= 0.6 is 31.9 Å². The van der Waals surface area contributed by atoms with Gasteiger partial charge in [-0.25, -0.2) is 5.43 Å². The van der Waals surface area contributed by atoms with Crippen molar-refractivity contribution in [2.24, 2.45) is 5.10 Å². The number of hydrazone groups is 1. The average molecular weight is 473 g/mol. The Hall–Kier alpha value is -2.46. The van der Waals surface area contributed by atoms with Crippen LogP contribution in [0.4, 0.5) is 5.69 Å². The summed E-state index contributed by atoms with van der Waals surface area (Å²) in [5.74, 6) is -0.565. The number of carbonyl (C=O) groups excluding carboxylic acids is 1. The predicted molar refractivity (Wildman–Crippen MR) is 98.2 cm³/mol. The first-order valence-corrected chi connectivity index (χ1v) is 8.26. The summed E-state index contributed by atoms with van der Waals surface area (Å²) < 4.78 is 6.17. The highest BCUT2D eigenvalue weighted by Crippen LogP contribution is 2.39. The van der Waals surface area contributed by atoms with Crippen molar-refractivity contribution in [2.45, 2.75) is 0 Å². The number of aromatic hydroxyl groups is 1. The standard InChI is InChI=1S/C15H11Br2N3O5/c1-25-12-6-11(16)13(17)10(14(12)21)7-18-19-15(22)8-3-2-4-9(5-8)20(23)24/h2-7,21H,1H3,(H,19,22). The molecule has 0 spiro atoms. The molecule has 2 aromatic carbocycles. The van der Waals surface area contributed by atoms with Crippen LogP contribution in [-0.4, -0.2) is 29.3 Å². The fraction of sp³-hybridized carbons (Fsp3) is 0.0667. The number of methoxy groups -OCH3 is 1. The first kappa shape index (κ1) is 18.9. The van der Waals surface area contributed by atoms with Crippen LogP contribution in [0, 0.1) is 10.1 Å². The number of halogens is 2. The average Bonchev–Trinajstić information content (AvgIpc) is 2.60. The largest absolute Gasteiger partial charge is 0.504 e. The highest BCUT2D eigenvalue weighted by atomic mass is 79.9. The molecule has 1 amide bonds. The van der Waals surface area contributed by atoms with Gasteiger partial charge in [0.15, 0.2) is 11.5 Å². The summed E-state index contributed by atoms with van der Waals surface area (Å²) in [6.45, 7) is 0.